The van der Waals surface area contributed by atoms with E-state index in [4.69, 9.17) is 9.47 Å². The summed E-state index contributed by atoms with van der Waals surface area (Å²) in [6, 6.07) is 6.29. The topological polar surface area (TPSA) is 71.1 Å². The molecule has 1 aromatic rings. The fourth-order valence-corrected chi connectivity index (χ4v) is 4.67. The molecule has 3 aliphatic heterocycles. The molecule has 1 atom stereocenters. The molecule has 0 saturated carbocycles. The number of hydrogen-bond donors (Lipinski definition) is 1. The number of piperidine rings is 1. The zero-order chi connectivity index (χ0) is 21.1. The molecule has 2 fully saturated rings. The van der Waals surface area contributed by atoms with Crippen molar-refractivity contribution >= 4 is 11.9 Å². The van der Waals surface area contributed by atoms with E-state index in [1.165, 1.54) is 0 Å². The minimum atomic E-state index is -0.0258. The molecule has 0 bridgehead atoms. The Morgan fingerprint density at radius 3 is 2.47 bits per heavy atom. The molecule has 1 N–H and O–H groups in total. The van der Waals surface area contributed by atoms with Gasteiger partial charge in [-0.2, -0.15) is 0 Å². The Balaban J connectivity index is 1.40. The van der Waals surface area contributed by atoms with Gasteiger partial charge in [-0.3, -0.25) is 4.79 Å². The highest BCUT2D eigenvalue weighted by molar-refractivity contribution is 5.80. The smallest absolute Gasteiger partial charge is 0.317 e. The number of amides is 3. The average Bonchev–Trinajstić information content (AvgIpc) is 3.11. The molecule has 0 aromatic heterocycles. The summed E-state index contributed by atoms with van der Waals surface area (Å²) in [7, 11) is 0. The van der Waals surface area contributed by atoms with Crippen molar-refractivity contribution in [1.82, 2.24) is 15.1 Å². The molecule has 7 nitrogen and oxygen atoms in total. The van der Waals surface area contributed by atoms with E-state index in [0.29, 0.717) is 26.3 Å². The summed E-state index contributed by atoms with van der Waals surface area (Å²) in [5, 5.41) is 2.94. The number of likely N-dealkylation sites (tertiary alicyclic amines) is 2. The number of ether oxygens (including phenoxy) is 2. The molecule has 4 rings (SSSR count). The van der Waals surface area contributed by atoms with Crippen molar-refractivity contribution in [3.63, 3.8) is 0 Å². The van der Waals surface area contributed by atoms with Crippen LogP contribution in [0.1, 0.15) is 57.6 Å². The van der Waals surface area contributed by atoms with Crippen molar-refractivity contribution in [3.05, 3.63) is 23.8 Å². The standard InChI is InChI=1S/C23H33N3O4/c1-16(2)24-23(28)25-11-8-17(9-12-25)22(27)26-10-3-5-19(26)18-6-7-20-21(15-18)30-14-4-13-29-20/h6-7,15-17,19H,3-5,8-14H2,1-2H3,(H,24,28). The Bertz CT molecular complexity index is 774. The van der Waals surface area contributed by atoms with Crippen LogP contribution in [0, 0.1) is 5.92 Å². The summed E-state index contributed by atoms with van der Waals surface area (Å²) in [5.74, 6) is 1.80. The van der Waals surface area contributed by atoms with Crippen LogP contribution in [0.2, 0.25) is 0 Å². The van der Waals surface area contributed by atoms with Gasteiger partial charge in [-0.15, -0.1) is 0 Å². The number of carbonyl (C=O) groups is 2. The van der Waals surface area contributed by atoms with Gasteiger partial charge < -0.3 is 24.6 Å². The highest BCUT2D eigenvalue weighted by atomic mass is 16.5. The monoisotopic (exact) mass is 415 g/mol. The van der Waals surface area contributed by atoms with Gasteiger partial charge in [0.15, 0.2) is 11.5 Å². The molecule has 3 heterocycles. The van der Waals surface area contributed by atoms with E-state index < -0.39 is 0 Å². The van der Waals surface area contributed by atoms with Crippen molar-refractivity contribution in [2.24, 2.45) is 5.92 Å². The normalized spacial score (nSPS) is 22.2. The number of fused-ring (bicyclic) bond motifs is 1. The summed E-state index contributed by atoms with van der Waals surface area (Å²) >= 11 is 0. The molecule has 0 aliphatic carbocycles. The van der Waals surface area contributed by atoms with Crippen LogP contribution in [0.25, 0.3) is 0 Å². The van der Waals surface area contributed by atoms with E-state index in [0.717, 1.165) is 55.7 Å². The second-order valence-electron chi connectivity index (χ2n) is 8.81. The number of benzene rings is 1. The van der Waals surface area contributed by atoms with Crippen LogP contribution >= 0.6 is 0 Å². The van der Waals surface area contributed by atoms with Gasteiger partial charge >= 0.3 is 6.03 Å². The quantitative estimate of drug-likeness (QED) is 0.822. The predicted octanol–water partition coefficient (Wildman–Crippen LogP) is 3.34. The third-order valence-electron chi connectivity index (χ3n) is 6.24. The largest absolute Gasteiger partial charge is 0.490 e. The maximum atomic E-state index is 13.3. The molecule has 3 amide bonds. The Morgan fingerprint density at radius 2 is 1.73 bits per heavy atom. The molecular weight excluding hydrogens is 382 g/mol. The molecule has 164 valence electrons. The predicted molar refractivity (Wildman–Crippen MR) is 114 cm³/mol. The molecule has 1 unspecified atom stereocenters. The van der Waals surface area contributed by atoms with E-state index >= 15 is 0 Å². The van der Waals surface area contributed by atoms with Gasteiger partial charge in [-0.1, -0.05) is 6.07 Å². The van der Waals surface area contributed by atoms with Crippen LogP contribution in [-0.2, 0) is 4.79 Å². The van der Waals surface area contributed by atoms with Crippen LogP contribution < -0.4 is 14.8 Å². The fraction of sp³-hybridized carbons (Fsp3) is 0.652. The van der Waals surface area contributed by atoms with Gasteiger partial charge in [0, 0.05) is 38.0 Å². The summed E-state index contributed by atoms with van der Waals surface area (Å²) in [6.07, 6.45) is 4.33. The van der Waals surface area contributed by atoms with Crippen LogP contribution in [0.4, 0.5) is 4.79 Å². The lowest BCUT2D eigenvalue weighted by Gasteiger charge is -2.35. The fourth-order valence-electron chi connectivity index (χ4n) is 4.67. The summed E-state index contributed by atoms with van der Waals surface area (Å²) in [5.41, 5.74) is 1.12. The molecule has 7 heteroatoms. The highest BCUT2D eigenvalue weighted by Crippen LogP contribution is 2.39. The SMILES string of the molecule is CC(C)NC(=O)N1CCC(C(=O)N2CCCC2c2ccc3c(c2)OCCCO3)CC1. The Kier molecular flexibility index (Phi) is 6.35. The molecule has 2 saturated heterocycles. The van der Waals surface area contributed by atoms with Crippen molar-refractivity contribution in [1.29, 1.82) is 0 Å². The third-order valence-corrected chi connectivity index (χ3v) is 6.24. The average molecular weight is 416 g/mol. The van der Waals surface area contributed by atoms with E-state index in [1.807, 2.05) is 29.7 Å². The number of rotatable bonds is 3. The van der Waals surface area contributed by atoms with E-state index in [2.05, 4.69) is 17.4 Å². The van der Waals surface area contributed by atoms with E-state index in [-0.39, 0.29) is 29.9 Å². The zero-order valence-electron chi connectivity index (χ0n) is 18.1. The maximum Gasteiger partial charge on any atom is 0.317 e. The molecule has 3 aliphatic rings. The molecule has 1 aromatic carbocycles. The lowest BCUT2D eigenvalue weighted by molar-refractivity contribution is -0.137. The first-order valence-electron chi connectivity index (χ1n) is 11.3. The summed E-state index contributed by atoms with van der Waals surface area (Å²) in [6.45, 7) is 7.32. The second kappa shape index (κ2) is 9.14. The number of urea groups is 1. The second-order valence-corrected chi connectivity index (χ2v) is 8.81. The minimum absolute atomic E-state index is 0.00545. The Hall–Kier alpha value is -2.44. The minimum Gasteiger partial charge on any atom is -0.490 e. The van der Waals surface area contributed by atoms with Crippen LogP contribution in [0.15, 0.2) is 18.2 Å². The van der Waals surface area contributed by atoms with Gasteiger partial charge in [0.25, 0.3) is 0 Å². The lowest BCUT2D eigenvalue weighted by atomic mass is 9.94. The summed E-state index contributed by atoms with van der Waals surface area (Å²) in [4.78, 5) is 29.4. The number of nitrogens with one attached hydrogen (secondary N) is 1. The first kappa shape index (κ1) is 20.8. The number of carbonyl (C=O) groups excluding carboxylic acids is 2. The van der Waals surface area contributed by atoms with Crippen LogP contribution in [-0.4, -0.2) is 60.6 Å². The third kappa shape index (κ3) is 4.50. The van der Waals surface area contributed by atoms with Crippen molar-refractivity contribution < 1.29 is 19.1 Å². The summed E-state index contributed by atoms with van der Waals surface area (Å²) < 4.78 is 11.6. The zero-order valence-corrected chi connectivity index (χ0v) is 18.1. The first-order chi connectivity index (χ1) is 14.5. The van der Waals surface area contributed by atoms with Gasteiger partial charge in [-0.25, -0.2) is 4.79 Å². The van der Waals surface area contributed by atoms with Gasteiger partial charge in [-0.05, 0) is 57.2 Å². The molecule has 30 heavy (non-hydrogen) atoms. The van der Waals surface area contributed by atoms with Crippen molar-refractivity contribution in [2.75, 3.05) is 32.8 Å². The van der Waals surface area contributed by atoms with Crippen LogP contribution in [0.3, 0.4) is 0 Å². The molecule has 0 radical (unpaired) electrons. The van der Waals surface area contributed by atoms with E-state index in [9.17, 15) is 9.59 Å². The van der Waals surface area contributed by atoms with Gasteiger partial charge in [0.2, 0.25) is 5.91 Å². The highest BCUT2D eigenvalue weighted by Gasteiger charge is 2.36. The Morgan fingerprint density at radius 1 is 1.00 bits per heavy atom. The maximum absolute atomic E-state index is 13.3. The molecular formula is C23H33N3O4. The van der Waals surface area contributed by atoms with Crippen molar-refractivity contribution in [3.8, 4) is 11.5 Å². The number of hydrogen-bond acceptors (Lipinski definition) is 4. The molecule has 0 spiro atoms. The Labute approximate surface area is 178 Å². The van der Waals surface area contributed by atoms with E-state index in [1.54, 1.807) is 0 Å². The van der Waals surface area contributed by atoms with Crippen molar-refractivity contribution in [2.45, 2.75) is 58.0 Å². The lowest BCUT2D eigenvalue weighted by Crippen LogP contribution is -2.48. The van der Waals surface area contributed by atoms with Crippen LogP contribution in [0.5, 0.6) is 11.5 Å². The van der Waals surface area contributed by atoms with Gasteiger partial charge in [0.1, 0.15) is 0 Å². The number of nitrogens with zero attached hydrogens (tertiary/aromatic N) is 2. The van der Waals surface area contributed by atoms with Gasteiger partial charge in [0.05, 0.1) is 19.3 Å². The first-order valence-corrected chi connectivity index (χ1v) is 11.3.